The summed E-state index contributed by atoms with van der Waals surface area (Å²) in [6, 6.07) is 0. The van der Waals surface area contributed by atoms with Crippen molar-refractivity contribution in [3.8, 4) is 0 Å². The molecule has 1 heterocycles. The number of hydrogen-bond acceptors (Lipinski definition) is 3. The van der Waals surface area contributed by atoms with Crippen molar-refractivity contribution >= 4 is 17.7 Å². The first-order valence-corrected chi connectivity index (χ1v) is 6.39. The maximum Gasteiger partial charge on any atom is 0.233 e. The van der Waals surface area contributed by atoms with Crippen molar-refractivity contribution in [2.75, 3.05) is 18.9 Å². The van der Waals surface area contributed by atoms with Crippen LogP contribution in [-0.2, 0) is 4.79 Å². The van der Waals surface area contributed by atoms with E-state index in [9.17, 15) is 4.79 Å². The van der Waals surface area contributed by atoms with Gasteiger partial charge in [-0.3, -0.25) is 4.79 Å². The summed E-state index contributed by atoms with van der Waals surface area (Å²) in [5.41, 5.74) is 0. The Bertz CT molecular complexity index is 170. The number of hydrogen-bond donors (Lipinski definition) is 2. The first-order valence-electron chi connectivity index (χ1n) is 5.35. The smallest absolute Gasteiger partial charge is 0.233 e. The molecule has 0 bridgehead atoms. The highest BCUT2D eigenvalue weighted by atomic mass is 32.2. The maximum atomic E-state index is 11.5. The molecule has 0 saturated carbocycles. The molecule has 4 heteroatoms. The van der Waals surface area contributed by atoms with Crippen molar-refractivity contribution in [3.63, 3.8) is 0 Å². The van der Waals surface area contributed by atoms with Gasteiger partial charge in [0.25, 0.3) is 0 Å². The topological polar surface area (TPSA) is 49.3 Å². The zero-order chi connectivity index (χ0) is 10.2. The minimum atomic E-state index is 0.202. The summed E-state index contributed by atoms with van der Waals surface area (Å²) in [6.07, 6.45) is 5.02. The van der Waals surface area contributed by atoms with Gasteiger partial charge < -0.3 is 10.4 Å². The van der Waals surface area contributed by atoms with Crippen molar-refractivity contribution in [1.82, 2.24) is 5.32 Å². The number of rotatable bonds is 6. The minimum absolute atomic E-state index is 0.202. The lowest BCUT2D eigenvalue weighted by atomic mass is 10.2. The number of carbonyl (C=O) groups is 1. The third-order valence-corrected chi connectivity index (χ3v) is 3.73. The quantitative estimate of drug-likeness (QED) is 0.656. The highest BCUT2D eigenvalue weighted by Crippen LogP contribution is 2.25. The number of unbranched alkanes of at least 4 members (excludes halogenated alkanes) is 2. The van der Waals surface area contributed by atoms with Gasteiger partial charge in [0.1, 0.15) is 0 Å². The number of carbonyl (C=O) groups excluding carboxylic acids is 1. The van der Waals surface area contributed by atoms with E-state index in [0.717, 1.165) is 38.0 Å². The fourth-order valence-electron chi connectivity index (χ4n) is 1.52. The summed E-state index contributed by atoms with van der Waals surface area (Å²) in [6.45, 7) is 1.02. The zero-order valence-electron chi connectivity index (χ0n) is 8.50. The van der Waals surface area contributed by atoms with E-state index in [1.165, 1.54) is 6.42 Å². The van der Waals surface area contributed by atoms with Gasteiger partial charge in [-0.25, -0.2) is 0 Å². The molecule has 82 valence electrons. The molecule has 1 saturated heterocycles. The first kappa shape index (κ1) is 11.9. The van der Waals surface area contributed by atoms with Crippen molar-refractivity contribution in [1.29, 1.82) is 0 Å². The number of aliphatic hydroxyl groups is 1. The predicted octanol–water partition coefficient (Wildman–Crippen LogP) is 1.16. The van der Waals surface area contributed by atoms with Gasteiger partial charge in [-0.1, -0.05) is 0 Å². The fourth-order valence-corrected chi connectivity index (χ4v) is 2.71. The van der Waals surface area contributed by atoms with Crippen LogP contribution < -0.4 is 5.32 Å². The van der Waals surface area contributed by atoms with Gasteiger partial charge in [0.15, 0.2) is 0 Å². The molecule has 1 aliphatic rings. The Morgan fingerprint density at radius 3 is 2.93 bits per heavy atom. The predicted molar refractivity (Wildman–Crippen MR) is 59.4 cm³/mol. The lowest BCUT2D eigenvalue weighted by Crippen LogP contribution is -2.31. The summed E-state index contributed by atoms with van der Waals surface area (Å²) in [5, 5.41) is 11.7. The van der Waals surface area contributed by atoms with Crippen molar-refractivity contribution < 1.29 is 9.90 Å². The highest BCUT2D eigenvalue weighted by molar-refractivity contribution is 8.00. The van der Waals surface area contributed by atoms with E-state index >= 15 is 0 Å². The first-order chi connectivity index (χ1) is 6.84. The summed E-state index contributed by atoms with van der Waals surface area (Å²) in [4.78, 5) is 11.5. The summed E-state index contributed by atoms with van der Waals surface area (Å²) in [7, 11) is 0. The van der Waals surface area contributed by atoms with E-state index in [4.69, 9.17) is 5.11 Å². The number of amides is 1. The van der Waals surface area contributed by atoms with Gasteiger partial charge >= 0.3 is 0 Å². The van der Waals surface area contributed by atoms with Crippen LogP contribution >= 0.6 is 11.8 Å². The third-order valence-electron chi connectivity index (χ3n) is 2.36. The molecule has 1 atom stereocenters. The molecule has 0 aromatic heterocycles. The van der Waals surface area contributed by atoms with Crippen LogP contribution in [0.5, 0.6) is 0 Å². The lowest BCUT2D eigenvalue weighted by Gasteiger charge is -2.09. The average molecular weight is 217 g/mol. The lowest BCUT2D eigenvalue weighted by molar-refractivity contribution is -0.120. The van der Waals surface area contributed by atoms with Crippen molar-refractivity contribution in [3.05, 3.63) is 0 Å². The normalized spacial score (nSPS) is 21.1. The molecule has 3 nitrogen and oxygen atoms in total. The van der Waals surface area contributed by atoms with Crippen molar-refractivity contribution in [2.24, 2.45) is 0 Å². The van der Waals surface area contributed by atoms with Crippen LogP contribution in [0.25, 0.3) is 0 Å². The van der Waals surface area contributed by atoms with E-state index in [-0.39, 0.29) is 17.8 Å². The molecule has 0 radical (unpaired) electrons. The van der Waals surface area contributed by atoms with Crippen molar-refractivity contribution in [2.45, 2.75) is 37.4 Å². The van der Waals surface area contributed by atoms with Gasteiger partial charge in [-0.05, 0) is 37.9 Å². The molecule has 0 aromatic rings. The molecule has 1 unspecified atom stereocenters. The molecular formula is C10H19NO2S. The standard InChI is InChI=1S/C10H19NO2S/c12-7-3-1-2-6-11-10(13)9-5-4-8-14-9/h9,12H,1-8H2,(H,11,13). The van der Waals surface area contributed by atoms with Gasteiger partial charge in [0.2, 0.25) is 5.91 Å². The summed E-state index contributed by atoms with van der Waals surface area (Å²) < 4.78 is 0. The van der Waals surface area contributed by atoms with Gasteiger partial charge in [0.05, 0.1) is 5.25 Å². The van der Waals surface area contributed by atoms with Crippen LogP contribution in [0.1, 0.15) is 32.1 Å². The van der Waals surface area contributed by atoms with Crippen LogP contribution in [0.2, 0.25) is 0 Å². The van der Waals surface area contributed by atoms with Gasteiger partial charge in [-0.15, -0.1) is 11.8 Å². The monoisotopic (exact) mass is 217 g/mol. The Morgan fingerprint density at radius 2 is 2.29 bits per heavy atom. The molecule has 0 aromatic carbocycles. The van der Waals surface area contributed by atoms with Crippen LogP contribution in [0.3, 0.4) is 0 Å². The maximum absolute atomic E-state index is 11.5. The summed E-state index contributed by atoms with van der Waals surface area (Å²) in [5.74, 6) is 1.33. The van der Waals surface area contributed by atoms with Gasteiger partial charge in [0, 0.05) is 13.2 Å². The molecule has 1 rings (SSSR count). The Kier molecular flexibility index (Phi) is 6.03. The van der Waals surface area contributed by atoms with Gasteiger partial charge in [-0.2, -0.15) is 0 Å². The number of aliphatic hydroxyl groups excluding tert-OH is 1. The van der Waals surface area contributed by atoms with E-state index in [0.29, 0.717) is 0 Å². The second-order valence-corrected chi connectivity index (χ2v) is 4.89. The Hall–Kier alpha value is -0.220. The average Bonchev–Trinajstić information content (AvgIpc) is 2.70. The van der Waals surface area contributed by atoms with E-state index in [1.54, 1.807) is 11.8 Å². The zero-order valence-corrected chi connectivity index (χ0v) is 9.31. The second kappa shape index (κ2) is 7.12. The minimum Gasteiger partial charge on any atom is -0.396 e. The summed E-state index contributed by atoms with van der Waals surface area (Å²) >= 11 is 1.77. The number of nitrogens with one attached hydrogen (secondary N) is 1. The van der Waals surface area contributed by atoms with Crippen LogP contribution in [0.15, 0.2) is 0 Å². The Labute approximate surface area is 89.6 Å². The number of thioether (sulfide) groups is 1. The molecular weight excluding hydrogens is 198 g/mol. The molecule has 1 aliphatic heterocycles. The molecule has 0 aliphatic carbocycles. The largest absolute Gasteiger partial charge is 0.396 e. The SMILES string of the molecule is O=C(NCCCCCO)C1CCCS1. The molecule has 1 amide bonds. The molecule has 0 spiro atoms. The van der Waals surface area contributed by atoms with E-state index in [2.05, 4.69) is 5.32 Å². The van der Waals surface area contributed by atoms with Crippen LogP contribution in [0, 0.1) is 0 Å². The van der Waals surface area contributed by atoms with E-state index in [1.807, 2.05) is 0 Å². The highest BCUT2D eigenvalue weighted by Gasteiger charge is 2.22. The Morgan fingerprint density at radius 1 is 1.43 bits per heavy atom. The molecule has 1 fully saturated rings. The second-order valence-electron chi connectivity index (χ2n) is 3.58. The van der Waals surface area contributed by atoms with Crippen LogP contribution in [-0.4, -0.2) is 35.2 Å². The van der Waals surface area contributed by atoms with Crippen LogP contribution in [0.4, 0.5) is 0 Å². The molecule has 2 N–H and O–H groups in total. The fraction of sp³-hybridized carbons (Fsp3) is 0.900. The third kappa shape index (κ3) is 4.33. The molecule has 14 heavy (non-hydrogen) atoms. The van der Waals surface area contributed by atoms with E-state index < -0.39 is 0 Å². The Balaban J connectivity index is 1.97.